The maximum absolute atomic E-state index is 13.6. The first-order chi connectivity index (χ1) is 19.5. The molecule has 0 fully saturated rings. The Labute approximate surface area is 236 Å². The molecule has 0 radical (unpaired) electrons. The first-order valence-electron chi connectivity index (χ1n) is 12.9. The van der Waals surface area contributed by atoms with Gasteiger partial charge in [-0.15, -0.1) is 10.2 Å². The number of nitrogens with zero attached hydrogens (tertiary/aromatic N) is 5. The first-order valence-corrected chi connectivity index (χ1v) is 12.9. The summed E-state index contributed by atoms with van der Waals surface area (Å²) in [5, 5.41) is 19.9. The number of alkyl halides is 6. The van der Waals surface area contributed by atoms with Crippen LogP contribution in [-0.4, -0.2) is 42.1 Å². The second kappa shape index (κ2) is 10.0. The van der Waals surface area contributed by atoms with Crippen LogP contribution in [0.4, 0.5) is 26.3 Å². The highest BCUT2D eigenvalue weighted by atomic mass is 19.4. The largest absolute Gasteiger partial charge is 0.495 e. The number of aromatic nitrogens is 5. The highest BCUT2D eigenvalue weighted by molar-refractivity contribution is 5.63. The normalized spacial score (nSPS) is 17.7. The summed E-state index contributed by atoms with van der Waals surface area (Å²) in [7, 11) is 1.50. The van der Waals surface area contributed by atoms with Crippen LogP contribution in [0.3, 0.4) is 0 Å². The van der Waals surface area contributed by atoms with Crippen molar-refractivity contribution in [2.75, 3.05) is 7.11 Å². The molecule has 4 aromatic rings. The van der Waals surface area contributed by atoms with Crippen LogP contribution in [0.25, 0.3) is 17.1 Å². The lowest BCUT2D eigenvalue weighted by molar-refractivity contribution is -0.147. The van der Waals surface area contributed by atoms with Gasteiger partial charge in [-0.05, 0) is 70.0 Å². The zero-order valence-corrected chi connectivity index (χ0v) is 23.0. The molecular formula is C28H27F6N5O3. The van der Waals surface area contributed by atoms with Crippen molar-refractivity contribution in [2.45, 2.75) is 63.7 Å². The zero-order valence-electron chi connectivity index (χ0n) is 23.0. The minimum Gasteiger partial charge on any atom is -0.495 e. The van der Waals surface area contributed by atoms with E-state index in [0.29, 0.717) is 47.9 Å². The monoisotopic (exact) mass is 595 g/mol. The average Bonchev–Trinajstić information content (AvgIpc) is 3.53. The molecule has 0 saturated heterocycles. The van der Waals surface area contributed by atoms with E-state index >= 15 is 0 Å². The Bertz CT molecular complexity index is 1590. The van der Waals surface area contributed by atoms with E-state index in [1.165, 1.54) is 21.0 Å². The third-order valence-electron chi connectivity index (χ3n) is 7.29. The molecule has 0 bridgehead atoms. The van der Waals surface area contributed by atoms with Crippen molar-refractivity contribution < 1.29 is 40.9 Å². The molecule has 14 heteroatoms. The SMILES string of the molecule is COc1cc(-c2nnc3n2CCCC3(Oc2cc(C(F)(F)F)cc(C(F)(F)F)c2)C(C)(C)O)ccc1-n1cnc(C)c1. The van der Waals surface area contributed by atoms with Crippen LogP contribution < -0.4 is 9.47 Å². The lowest BCUT2D eigenvalue weighted by atomic mass is 9.79. The molecular weight excluding hydrogens is 568 g/mol. The van der Waals surface area contributed by atoms with Crippen molar-refractivity contribution in [3.63, 3.8) is 0 Å². The maximum atomic E-state index is 13.6. The fourth-order valence-electron chi connectivity index (χ4n) is 5.20. The van der Waals surface area contributed by atoms with Gasteiger partial charge in [0.05, 0.1) is 35.9 Å². The van der Waals surface area contributed by atoms with E-state index in [0.717, 1.165) is 5.69 Å². The van der Waals surface area contributed by atoms with E-state index in [1.807, 2.05) is 13.1 Å². The average molecular weight is 596 g/mol. The van der Waals surface area contributed by atoms with Crippen LogP contribution in [0, 0.1) is 6.92 Å². The van der Waals surface area contributed by atoms with Gasteiger partial charge < -0.3 is 23.7 Å². The maximum Gasteiger partial charge on any atom is 0.416 e. The van der Waals surface area contributed by atoms with Crippen LogP contribution in [0.2, 0.25) is 0 Å². The Morgan fingerprint density at radius 3 is 2.17 bits per heavy atom. The summed E-state index contributed by atoms with van der Waals surface area (Å²) in [5.74, 6) is 0.203. The Morgan fingerprint density at radius 2 is 1.62 bits per heavy atom. The smallest absolute Gasteiger partial charge is 0.416 e. The van der Waals surface area contributed by atoms with Gasteiger partial charge in [0.25, 0.3) is 0 Å². The number of imidazole rings is 1. The van der Waals surface area contributed by atoms with Gasteiger partial charge in [0.2, 0.25) is 0 Å². The van der Waals surface area contributed by atoms with Gasteiger partial charge in [-0.2, -0.15) is 26.3 Å². The van der Waals surface area contributed by atoms with Crippen LogP contribution in [0.15, 0.2) is 48.9 Å². The van der Waals surface area contributed by atoms with Crippen molar-refractivity contribution in [2.24, 2.45) is 0 Å². The number of fused-ring (bicyclic) bond motifs is 1. The van der Waals surface area contributed by atoms with Crippen molar-refractivity contribution >= 4 is 0 Å². The first kappa shape index (κ1) is 29.4. The van der Waals surface area contributed by atoms with Gasteiger partial charge in [0.1, 0.15) is 17.1 Å². The molecule has 0 saturated carbocycles. The molecule has 0 amide bonds. The Hall–Kier alpha value is -4.07. The molecule has 3 heterocycles. The number of aryl methyl sites for hydroxylation is 1. The fraction of sp³-hybridized carbons (Fsp3) is 0.393. The summed E-state index contributed by atoms with van der Waals surface area (Å²) in [6.07, 6.45) is -6.27. The predicted octanol–water partition coefficient (Wildman–Crippen LogP) is 6.32. The van der Waals surface area contributed by atoms with E-state index in [-0.39, 0.29) is 18.3 Å². The summed E-state index contributed by atoms with van der Waals surface area (Å²) < 4.78 is 96.4. The third kappa shape index (κ3) is 5.19. The van der Waals surface area contributed by atoms with Crippen LogP contribution in [0.1, 0.15) is 49.3 Å². The zero-order chi connectivity index (χ0) is 30.7. The molecule has 0 spiro atoms. The van der Waals surface area contributed by atoms with Gasteiger partial charge in [-0.25, -0.2) is 4.98 Å². The second-order valence-electron chi connectivity index (χ2n) is 10.6. The number of ether oxygens (including phenoxy) is 2. The minimum atomic E-state index is -5.07. The standard InChI is InChI=1S/C28H27F6N5O3/c1-16-14-38(15-35-16)21-7-6-17(10-22(21)41-4)23-36-37-24-26(25(2,3)40,8-5-9-39(23)24)42-20-12-18(27(29,30)31)11-19(13-20)28(32,33)34/h6-7,10-15,40H,5,8-9H2,1-4H3. The van der Waals surface area contributed by atoms with Crippen LogP contribution in [0.5, 0.6) is 11.5 Å². The predicted molar refractivity (Wildman–Crippen MR) is 138 cm³/mol. The highest BCUT2D eigenvalue weighted by Crippen LogP contribution is 2.47. The van der Waals surface area contributed by atoms with Gasteiger partial charge >= 0.3 is 12.4 Å². The van der Waals surface area contributed by atoms with E-state index < -0.39 is 40.4 Å². The summed E-state index contributed by atoms with van der Waals surface area (Å²) in [6, 6.07) is 6.29. The molecule has 5 rings (SSSR count). The van der Waals surface area contributed by atoms with Gasteiger partial charge in [-0.3, -0.25) is 0 Å². The molecule has 224 valence electrons. The molecule has 1 aliphatic heterocycles. The summed E-state index contributed by atoms with van der Waals surface area (Å²) in [5.41, 5.74) is -4.60. The Balaban J connectivity index is 1.61. The van der Waals surface area contributed by atoms with E-state index in [2.05, 4.69) is 15.2 Å². The molecule has 1 N–H and O–H groups in total. The number of aliphatic hydroxyl groups is 1. The molecule has 42 heavy (non-hydrogen) atoms. The highest BCUT2D eigenvalue weighted by Gasteiger charge is 2.54. The van der Waals surface area contributed by atoms with Crippen molar-refractivity contribution in [3.8, 4) is 28.6 Å². The van der Waals surface area contributed by atoms with Crippen molar-refractivity contribution in [3.05, 3.63) is 71.6 Å². The summed E-state index contributed by atoms with van der Waals surface area (Å²) >= 11 is 0. The third-order valence-corrected chi connectivity index (χ3v) is 7.29. The number of methoxy groups -OCH3 is 1. The van der Waals surface area contributed by atoms with Gasteiger partial charge in [0, 0.05) is 18.3 Å². The lowest BCUT2D eigenvalue weighted by Crippen LogP contribution is -2.55. The Kier molecular flexibility index (Phi) is 7.03. The number of benzene rings is 2. The topological polar surface area (TPSA) is 87.2 Å². The number of hydrogen-bond donors (Lipinski definition) is 1. The molecule has 1 unspecified atom stereocenters. The van der Waals surface area contributed by atoms with Crippen LogP contribution >= 0.6 is 0 Å². The van der Waals surface area contributed by atoms with Gasteiger partial charge in [0.15, 0.2) is 17.2 Å². The number of rotatable bonds is 6. The molecule has 0 aliphatic carbocycles. The quantitative estimate of drug-likeness (QED) is 0.263. The molecule has 1 aliphatic rings. The van der Waals surface area contributed by atoms with Crippen molar-refractivity contribution in [1.82, 2.24) is 24.3 Å². The number of halogens is 6. The Morgan fingerprint density at radius 1 is 0.952 bits per heavy atom. The van der Waals surface area contributed by atoms with Gasteiger partial charge in [-0.1, -0.05) is 0 Å². The summed E-state index contributed by atoms with van der Waals surface area (Å²) in [6.45, 7) is 4.93. The fourth-order valence-corrected chi connectivity index (χ4v) is 5.20. The van der Waals surface area contributed by atoms with E-state index in [9.17, 15) is 31.4 Å². The number of hydrogen-bond acceptors (Lipinski definition) is 6. The van der Waals surface area contributed by atoms with E-state index in [4.69, 9.17) is 9.47 Å². The van der Waals surface area contributed by atoms with E-state index in [1.54, 1.807) is 33.7 Å². The molecule has 8 nitrogen and oxygen atoms in total. The minimum absolute atomic E-state index is 0.0211. The molecule has 2 aromatic heterocycles. The molecule has 1 atom stereocenters. The second-order valence-corrected chi connectivity index (χ2v) is 10.6. The van der Waals surface area contributed by atoms with Crippen molar-refractivity contribution in [1.29, 1.82) is 0 Å². The van der Waals surface area contributed by atoms with Crippen LogP contribution in [-0.2, 0) is 24.5 Å². The summed E-state index contributed by atoms with van der Waals surface area (Å²) in [4.78, 5) is 4.23. The molecule has 2 aromatic carbocycles. The lowest BCUT2D eigenvalue weighted by Gasteiger charge is -2.45.